The topological polar surface area (TPSA) is 43.2 Å². The minimum Gasteiger partial charge on any atom is -0.367 e. The summed E-state index contributed by atoms with van der Waals surface area (Å²) >= 11 is 1.79. The Hall–Kier alpha value is -2.58. The molecule has 4 rings (SSSR count). The molecule has 23 heavy (non-hydrogen) atoms. The van der Waals surface area contributed by atoms with Gasteiger partial charge in [0.25, 0.3) is 0 Å². The average Bonchev–Trinajstić information content (AvgIpc) is 3.11. The van der Waals surface area contributed by atoms with Crippen molar-refractivity contribution < 1.29 is 0 Å². The maximum atomic E-state index is 8.84. The Labute approximate surface area is 139 Å². The van der Waals surface area contributed by atoms with Crippen molar-refractivity contribution in [2.24, 2.45) is 0 Å². The number of thiophene rings is 1. The van der Waals surface area contributed by atoms with Crippen LogP contribution in [0.25, 0.3) is 10.1 Å². The fourth-order valence-electron chi connectivity index (χ4n) is 3.10. The molecule has 1 aromatic carbocycles. The third-order valence-corrected chi connectivity index (χ3v) is 5.20. The van der Waals surface area contributed by atoms with E-state index in [1.165, 1.54) is 15.8 Å². The van der Waals surface area contributed by atoms with Crippen LogP contribution in [0.4, 0.5) is 11.4 Å². The Morgan fingerprint density at radius 1 is 1.00 bits per heavy atom. The van der Waals surface area contributed by atoms with E-state index in [0.717, 1.165) is 31.9 Å². The monoisotopic (exact) mass is 320 g/mol. The molecule has 0 N–H and O–H groups in total. The molecule has 0 saturated carbocycles. The second kappa shape index (κ2) is 5.90. The standard InChI is InChI=1S/C18H16N4S/c19-12-14-4-5-15(13-20-14)21-7-9-22(10-8-21)17-2-1-3-18-16(17)6-11-23-18/h1-6,11,13H,7-10H2. The molecule has 4 nitrogen and oxygen atoms in total. The first-order valence-electron chi connectivity index (χ1n) is 7.67. The lowest BCUT2D eigenvalue weighted by molar-refractivity contribution is 0.654. The highest BCUT2D eigenvalue weighted by Crippen LogP contribution is 2.31. The maximum Gasteiger partial charge on any atom is 0.140 e. The smallest absolute Gasteiger partial charge is 0.140 e. The summed E-state index contributed by atoms with van der Waals surface area (Å²) in [5.41, 5.74) is 2.90. The van der Waals surface area contributed by atoms with E-state index in [9.17, 15) is 0 Å². The molecule has 0 spiro atoms. The van der Waals surface area contributed by atoms with Crippen LogP contribution in [0.2, 0.25) is 0 Å². The molecule has 0 unspecified atom stereocenters. The number of nitrogens with zero attached hydrogens (tertiary/aromatic N) is 4. The predicted molar refractivity (Wildman–Crippen MR) is 95.2 cm³/mol. The van der Waals surface area contributed by atoms with E-state index in [4.69, 9.17) is 5.26 Å². The number of pyridine rings is 1. The summed E-state index contributed by atoms with van der Waals surface area (Å²) in [5, 5.41) is 12.3. The molecule has 5 heteroatoms. The molecule has 3 aromatic rings. The highest BCUT2D eigenvalue weighted by molar-refractivity contribution is 7.17. The lowest BCUT2D eigenvalue weighted by Crippen LogP contribution is -2.46. The SMILES string of the molecule is N#Cc1ccc(N2CCN(c3cccc4sccc34)CC2)cn1. The van der Waals surface area contributed by atoms with Crippen LogP contribution in [0, 0.1) is 11.3 Å². The third kappa shape index (κ3) is 2.62. The molecule has 0 amide bonds. The highest BCUT2D eigenvalue weighted by atomic mass is 32.1. The molecule has 1 fully saturated rings. The first kappa shape index (κ1) is 14.0. The van der Waals surface area contributed by atoms with E-state index in [1.54, 1.807) is 23.6 Å². The second-order valence-corrected chi connectivity index (χ2v) is 6.54. The van der Waals surface area contributed by atoms with Gasteiger partial charge in [-0.2, -0.15) is 5.26 Å². The molecule has 1 aliphatic rings. The Kier molecular flexibility index (Phi) is 3.60. The molecule has 1 aliphatic heterocycles. The quantitative estimate of drug-likeness (QED) is 0.725. The van der Waals surface area contributed by atoms with E-state index in [0.29, 0.717) is 5.69 Å². The number of piperazine rings is 1. The minimum absolute atomic E-state index is 0.469. The summed E-state index contributed by atoms with van der Waals surface area (Å²) < 4.78 is 1.35. The van der Waals surface area contributed by atoms with Gasteiger partial charge in [-0.15, -0.1) is 11.3 Å². The van der Waals surface area contributed by atoms with E-state index < -0.39 is 0 Å². The van der Waals surface area contributed by atoms with E-state index in [-0.39, 0.29) is 0 Å². The number of rotatable bonds is 2. The molecular formula is C18H16N4S. The van der Waals surface area contributed by atoms with E-state index in [2.05, 4.69) is 50.5 Å². The Morgan fingerprint density at radius 2 is 1.83 bits per heavy atom. The van der Waals surface area contributed by atoms with Crippen molar-refractivity contribution in [3.63, 3.8) is 0 Å². The van der Waals surface area contributed by atoms with Gasteiger partial charge in [0.1, 0.15) is 11.8 Å². The van der Waals surface area contributed by atoms with Crippen LogP contribution < -0.4 is 9.80 Å². The normalized spacial score (nSPS) is 14.9. The summed E-state index contributed by atoms with van der Waals surface area (Å²) in [6.45, 7) is 3.92. The zero-order chi connectivity index (χ0) is 15.6. The van der Waals surface area contributed by atoms with Crippen molar-refractivity contribution in [3.05, 3.63) is 53.7 Å². The predicted octanol–water partition coefficient (Wildman–Crippen LogP) is 3.49. The van der Waals surface area contributed by atoms with Crippen molar-refractivity contribution in [1.82, 2.24) is 4.98 Å². The van der Waals surface area contributed by atoms with Gasteiger partial charge >= 0.3 is 0 Å². The van der Waals surface area contributed by atoms with Crippen LogP contribution >= 0.6 is 11.3 Å². The first-order chi connectivity index (χ1) is 11.3. The van der Waals surface area contributed by atoms with Gasteiger partial charge in [-0.25, -0.2) is 4.98 Å². The fraction of sp³-hybridized carbons (Fsp3) is 0.222. The van der Waals surface area contributed by atoms with Crippen molar-refractivity contribution in [1.29, 1.82) is 5.26 Å². The maximum absolute atomic E-state index is 8.84. The van der Waals surface area contributed by atoms with Crippen LogP contribution in [0.3, 0.4) is 0 Å². The van der Waals surface area contributed by atoms with Gasteiger partial charge in [0.15, 0.2) is 0 Å². The number of fused-ring (bicyclic) bond motifs is 1. The minimum atomic E-state index is 0.469. The Morgan fingerprint density at radius 3 is 2.57 bits per heavy atom. The molecule has 0 bridgehead atoms. The van der Waals surface area contributed by atoms with Crippen molar-refractivity contribution in [2.45, 2.75) is 0 Å². The van der Waals surface area contributed by atoms with Crippen LogP contribution in [-0.2, 0) is 0 Å². The Balaban J connectivity index is 1.50. The third-order valence-electron chi connectivity index (χ3n) is 4.32. The van der Waals surface area contributed by atoms with Crippen LogP contribution in [-0.4, -0.2) is 31.2 Å². The highest BCUT2D eigenvalue weighted by Gasteiger charge is 2.19. The van der Waals surface area contributed by atoms with E-state index >= 15 is 0 Å². The number of hydrogen-bond acceptors (Lipinski definition) is 5. The fourth-order valence-corrected chi connectivity index (χ4v) is 3.91. The Bertz CT molecular complexity index is 855. The van der Waals surface area contributed by atoms with Crippen LogP contribution in [0.5, 0.6) is 0 Å². The zero-order valence-corrected chi connectivity index (χ0v) is 13.5. The van der Waals surface area contributed by atoms with Gasteiger partial charge in [0.05, 0.1) is 11.9 Å². The number of aromatic nitrogens is 1. The summed E-state index contributed by atoms with van der Waals surface area (Å²) in [7, 11) is 0. The van der Waals surface area contributed by atoms with Crippen molar-refractivity contribution >= 4 is 32.8 Å². The first-order valence-corrected chi connectivity index (χ1v) is 8.55. The molecule has 2 aromatic heterocycles. The lowest BCUT2D eigenvalue weighted by atomic mass is 10.2. The second-order valence-electron chi connectivity index (χ2n) is 5.60. The zero-order valence-electron chi connectivity index (χ0n) is 12.6. The van der Waals surface area contributed by atoms with Crippen molar-refractivity contribution in [3.8, 4) is 6.07 Å². The van der Waals surface area contributed by atoms with Gasteiger partial charge in [-0.3, -0.25) is 0 Å². The molecule has 3 heterocycles. The van der Waals surface area contributed by atoms with Crippen LogP contribution in [0.15, 0.2) is 48.0 Å². The van der Waals surface area contributed by atoms with E-state index in [1.807, 2.05) is 6.07 Å². The number of hydrogen-bond donors (Lipinski definition) is 0. The number of anilines is 2. The van der Waals surface area contributed by atoms with Gasteiger partial charge in [0, 0.05) is 42.0 Å². The molecule has 0 radical (unpaired) electrons. The molecular weight excluding hydrogens is 304 g/mol. The summed E-state index contributed by atoms with van der Waals surface area (Å²) in [6, 6.07) is 14.6. The van der Waals surface area contributed by atoms with Gasteiger partial charge in [0.2, 0.25) is 0 Å². The van der Waals surface area contributed by atoms with Gasteiger partial charge in [-0.1, -0.05) is 6.07 Å². The summed E-state index contributed by atoms with van der Waals surface area (Å²) in [6.07, 6.45) is 1.80. The van der Waals surface area contributed by atoms with Gasteiger partial charge < -0.3 is 9.80 Å². The summed E-state index contributed by atoms with van der Waals surface area (Å²) in [4.78, 5) is 8.96. The molecule has 0 atom stereocenters. The van der Waals surface area contributed by atoms with Crippen LogP contribution in [0.1, 0.15) is 5.69 Å². The molecule has 1 saturated heterocycles. The molecule has 0 aliphatic carbocycles. The number of benzene rings is 1. The number of nitriles is 1. The summed E-state index contributed by atoms with van der Waals surface area (Å²) in [5.74, 6) is 0. The molecule has 114 valence electrons. The lowest BCUT2D eigenvalue weighted by Gasteiger charge is -2.37. The van der Waals surface area contributed by atoms with Crippen molar-refractivity contribution in [2.75, 3.05) is 36.0 Å². The largest absolute Gasteiger partial charge is 0.367 e. The van der Waals surface area contributed by atoms with Gasteiger partial charge in [-0.05, 0) is 35.7 Å². The average molecular weight is 320 g/mol.